The van der Waals surface area contributed by atoms with E-state index in [1.165, 1.54) is 0 Å². The highest BCUT2D eigenvalue weighted by Gasteiger charge is 2.24. The minimum atomic E-state index is -0.798. The maximum atomic E-state index is 10.1. The maximum absolute atomic E-state index is 10.1. The van der Waals surface area contributed by atoms with Crippen LogP contribution in [0, 0.1) is 5.92 Å². The van der Waals surface area contributed by atoms with Crippen LogP contribution < -0.4 is 0 Å². The van der Waals surface area contributed by atoms with Crippen molar-refractivity contribution in [3.63, 3.8) is 0 Å². The van der Waals surface area contributed by atoms with Crippen LogP contribution in [-0.4, -0.2) is 22.4 Å². The molecule has 1 aromatic carbocycles. The lowest BCUT2D eigenvalue weighted by molar-refractivity contribution is -0.0187. The molecule has 0 aliphatic carbocycles. The van der Waals surface area contributed by atoms with Crippen molar-refractivity contribution in [1.82, 2.24) is 0 Å². The Kier molecular flexibility index (Phi) is 6.44. The van der Waals surface area contributed by atoms with E-state index < -0.39 is 12.2 Å². The molecule has 2 atom stereocenters. The number of rotatable bonds is 6. The summed E-state index contributed by atoms with van der Waals surface area (Å²) in [5.41, 5.74) is 0.804. The molecule has 0 heterocycles. The highest BCUT2D eigenvalue weighted by Crippen LogP contribution is 2.24. The molecule has 0 saturated carbocycles. The maximum Gasteiger partial charge on any atom is 0.0842 e. The van der Waals surface area contributed by atoms with Gasteiger partial charge in [0.15, 0.2) is 0 Å². The molecule has 0 aliphatic rings. The van der Waals surface area contributed by atoms with Gasteiger partial charge in [-0.05, 0) is 23.6 Å². The summed E-state index contributed by atoms with van der Waals surface area (Å²) < 4.78 is 0. The van der Waals surface area contributed by atoms with Crippen molar-refractivity contribution < 1.29 is 10.2 Å². The molecule has 0 radical (unpaired) electrons. The van der Waals surface area contributed by atoms with Crippen LogP contribution in [0.5, 0.6) is 0 Å². The average Bonchev–Trinajstić information content (AvgIpc) is 2.34. The zero-order chi connectivity index (χ0) is 13.7. The molecule has 0 bridgehead atoms. The molecule has 0 fully saturated rings. The third kappa shape index (κ3) is 4.13. The molecule has 4 heteroatoms. The second kappa shape index (κ2) is 7.34. The fraction of sp³-hybridized carbons (Fsp3) is 0.571. The first kappa shape index (κ1) is 15.8. The van der Waals surface area contributed by atoms with Crippen molar-refractivity contribution in [2.75, 3.05) is 0 Å². The van der Waals surface area contributed by atoms with Gasteiger partial charge in [0.25, 0.3) is 0 Å². The van der Waals surface area contributed by atoms with E-state index in [2.05, 4.69) is 0 Å². The van der Waals surface area contributed by atoms with Gasteiger partial charge in [-0.2, -0.15) is 0 Å². The molecule has 2 N–H and O–H groups in total. The third-order valence-corrected chi connectivity index (χ3v) is 3.96. The molecule has 2 unspecified atom stereocenters. The van der Waals surface area contributed by atoms with E-state index in [4.69, 9.17) is 23.2 Å². The van der Waals surface area contributed by atoms with Crippen LogP contribution in [0.3, 0.4) is 0 Å². The van der Waals surface area contributed by atoms with Crippen molar-refractivity contribution in [2.45, 2.75) is 45.3 Å². The van der Waals surface area contributed by atoms with E-state index in [1.54, 1.807) is 18.2 Å². The van der Waals surface area contributed by atoms with Crippen LogP contribution in [0.2, 0.25) is 10.0 Å². The van der Waals surface area contributed by atoms with E-state index in [-0.39, 0.29) is 5.92 Å². The summed E-state index contributed by atoms with van der Waals surface area (Å²) >= 11 is 11.9. The molecule has 18 heavy (non-hydrogen) atoms. The van der Waals surface area contributed by atoms with Gasteiger partial charge in [-0.25, -0.2) is 0 Å². The molecule has 1 aromatic rings. The van der Waals surface area contributed by atoms with Crippen molar-refractivity contribution >= 4 is 23.2 Å². The van der Waals surface area contributed by atoms with E-state index in [0.717, 1.165) is 18.4 Å². The van der Waals surface area contributed by atoms with Crippen molar-refractivity contribution in [3.8, 4) is 0 Å². The average molecular weight is 291 g/mol. The van der Waals surface area contributed by atoms with Crippen molar-refractivity contribution in [3.05, 3.63) is 33.8 Å². The monoisotopic (exact) mass is 290 g/mol. The van der Waals surface area contributed by atoms with Gasteiger partial charge in [0.1, 0.15) is 0 Å². The Balaban J connectivity index is 2.71. The summed E-state index contributed by atoms with van der Waals surface area (Å²) in [6.07, 6.45) is 0.528. The smallest absolute Gasteiger partial charge is 0.0842 e. The second-order valence-corrected chi connectivity index (χ2v) is 5.42. The van der Waals surface area contributed by atoms with E-state index in [9.17, 15) is 10.2 Å². The molecule has 0 aromatic heterocycles. The highest BCUT2D eigenvalue weighted by atomic mass is 35.5. The van der Waals surface area contributed by atoms with Gasteiger partial charge in [-0.1, -0.05) is 56.0 Å². The summed E-state index contributed by atoms with van der Waals surface area (Å²) in [6, 6.07) is 5.17. The van der Waals surface area contributed by atoms with Crippen LogP contribution in [0.15, 0.2) is 18.2 Å². The number of halogens is 2. The summed E-state index contributed by atoms with van der Waals surface area (Å²) in [7, 11) is 0. The summed E-state index contributed by atoms with van der Waals surface area (Å²) in [6.45, 7) is 4.03. The number of hydrogen-bond acceptors (Lipinski definition) is 2. The third-order valence-electron chi connectivity index (χ3n) is 3.37. The zero-order valence-corrected chi connectivity index (χ0v) is 12.2. The van der Waals surface area contributed by atoms with Crippen molar-refractivity contribution in [1.29, 1.82) is 0 Å². The Hall–Kier alpha value is -0.280. The number of aliphatic hydroxyl groups excluding tert-OH is 2. The lowest BCUT2D eigenvalue weighted by Crippen LogP contribution is -2.34. The lowest BCUT2D eigenvalue weighted by Gasteiger charge is -2.25. The predicted molar refractivity (Wildman–Crippen MR) is 76.3 cm³/mol. The molecule has 1 rings (SSSR count). The lowest BCUT2D eigenvalue weighted by atomic mass is 9.90. The molecular formula is C14H20Cl2O2. The summed E-state index contributed by atoms with van der Waals surface area (Å²) in [5.74, 6) is 0.117. The summed E-state index contributed by atoms with van der Waals surface area (Å²) in [4.78, 5) is 0. The van der Waals surface area contributed by atoms with Crippen molar-refractivity contribution in [2.24, 2.45) is 5.92 Å². The molecule has 0 saturated heterocycles. The molecule has 0 amide bonds. The fourth-order valence-corrected chi connectivity index (χ4v) is 2.60. The largest absolute Gasteiger partial charge is 0.390 e. The normalized spacial score (nSPS) is 14.8. The minimum Gasteiger partial charge on any atom is -0.390 e. The quantitative estimate of drug-likeness (QED) is 0.839. The zero-order valence-electron chi connectivity index (χ0n) is 10.7. The Morgan fingerprint density at radius 1 is 1.11 bits per heavy atom. The SMILES string of the molecule is CCC(CC)C(O)C(O)Cc1ccc(Cl)cc1Cl. The fourth-order valence-electron chi connectivity index (χ4n) is 2.12. The molecule has 102 valence electrons. The van der Waals surface area contributed by atoms with Gasteiger partial charge >= 0.3 is 0 Å². The van der Waals surface area contributed by atoms with Crippen LogP contribution in [0.1, 0.15) is 32.3 Å². The Morgan fingerprint density at radius 3 is 2.22 bits per heavy atom. The standard InChI is InChI=1S/C14H20Cl2O2/c1-3-9(4-2)14(18)13(17)7-10-5-6-11(15)8-12(10)16/h5-6,8-9,13-14,17-18H,3-4,7H2,1-2H3. The topological polar surface area (TPSA) is 40.5 Å². The molecule has 2 nitrogen and oxygen atoms in total. The Morgan fingerprint density at radius 2 is 1.72 bits per heavy atom. The number of aliphatic hydroxyl groups is 2. The minimum absolute atomic E-state index is 0.117. The first-order valence-electron chi connectivity index (χ1n) is 6.29. The van der Waals surface area contributed by atoms with Gasteiger partial charge in [-0.15, -0.1) is 0 Å². The van der Waals surface area contributed by atoms with Crippen LogP contribution >= 0.6 is 23.2 Å². The Labute approximate surface area is 119 Å². The van der Waals surface area contributed by atoms with E-state index in [1.807, 2.05) is 13.8 Å². The summed E-state index contributed by atoms with van der Waals surface area (Å²) in [5, 5.41) is 21.2. The van der Waals surface area contributed by atoms with Gasteiger partial charge < -0.3 is 10.2 Å². The molecule has 0 spiro atoms. The van der Waals surface area contributed by atoms with Crippen LogP contribution in [-0.2, 0) is 6.42 Å². The van der Waals surface area contributed by atoms with E-state index >= 15 is 0 Å². The van der Waals surface area contributed by atoms with E-state index in [0.29, 0.717) is 16.5 Å². The predicted octanol–water partition coefficient (Wildman–Crippen LogP) is 3.69. The van der Waals surface area contributed by atoms with Gasteiger partial charge in [0.2, 0.25) is 0 Å². The number of hydrogen-bond donors (Lipinski definition) is 2. The first-order chi connectivity index (χ1) is 8.49. The van der Waals surface area contributed by atoms with Gasteiger partial charge in [0.05, 0.1) is 12.2 Å². The molecular weight excluding hydrogens is 271 g/mol. The van der Waals surface area contributed by atoms with Crippen LogP contribution in [0.4, 0.5) is 0 Å². The Bertz CT molecular complexity index is 378. The highest BCUT2D eigenvalue weighted by molar-refractivity contribution is 6.35. The first-order valence-corrected chi connectivity index (χ1v) is 7.05. The van der Waals surface area contributed by atoms with Gasteiger partial charge in [-0.3, -0.25) is 0 Å². The second-order valence-electron chi connectivity index (χ2n) is 4.57. The van der Waals surface area contributed by atoms with Gasteiger partial charge in [0, 0.05) is 16.5 Å². The number of benzene rings is 1. The van der Waals surface area contributed by atoms with Crippen LogP contribution in [0.25, 0.3) is 0 Å². The molecule has 0 aliphatic heterocycles.